The first-order valence-corrected chi connectivity index (χ1v) is 11.0. The van der Waals surface area contributed by atoms with Gasteiger partial charge in [0, 0.05) is 15.6 Å². The second kappa shape index (κ2) is 11.8. The highest BCUT2D eigenvalue weighted by Crippen LogP contribution is 2.31. The number of hydrazone groups is 1. The lowest BCUT2D eigenvalue weighted by Crippen LogP contribution is -2.24. The van der Waals surface area contributed by atoms with E-state index in [4.69, 9.17) is 37.4 Å². The van der Waals surface area contributed by atoms with E-state index in [0.717, 1.165) is 4.47 Å². The Morgan fingerprint density at radius 1 is 1.00 bits per heavy atom. The van der Waals surface area contributed by atoms with Crippen LogP contribution in [0.5, 0.6) is 17.2 Å². The first-order chi connectivity index (χ1) is 15.5. The van der Waals surface area contributed by atoms with E-state index in [0.29, 0.717) is 38.4 Å². The number of nitrogens with zero attached hydrogens (tertiary/aromatic N) is 1. The number of hydrogen-bond donors (Lipinski definition) is 1. The number of amides is 1. The third-order valence-electron chi connectivity index (χ3n) is 4.22. The molecule has 32 heavy (non-hydrogen) atoms. The lowest BCUT2D eigenvalue weighted by atomic mass is 10.2. The fourth-order valence-corrected chi connectivity index (χ4v) is 3.53. The number of hydrogen-bond acceptors (Lipinski definition) is 5. The van der Waals surface area contributed by atoms with Crippen molar-refractivity contribution in [1.29, 1.82) is 0 Å². The minimum atomic E-state index is -0.388. The van der Waals surface area contributed by atoms with Crippen molar-refractivity contribution in [2.45, 2.75) is 6.61 Å². The molecule has 0 heterocycles. The minimum absolute atomic E-state index is 0.166. The van der Waals surface area contributed by atoms with Gasteiger partial charge in [-0.05, 0) is 64.0 Å². The summed E-state index contributed by atoms with van der Waals surface area (Å²) >= 11 is 15.7. The molecule has 0 spiro atoms. The fourth-order valence-electron chi connectivity index (χ4n) is 2.62. The maximum Gasteiger partial charge on any atom is 0.277 e. The van der Waals surface area contributed by atoms with Crippen LogP contribution in [-0.2, 0) is 11.4 Å². The zero-order chi connectivity index (χ0) is 22.9. The van der Waals surface area contributed by atoms with Crippen molar-refractivity contribution in [1.82, 2.24) is 5.43 Å². The van der Waals surface area contributed by atoms with Crippen LogP contribution in [0, 0.1) is 0 Å². The third kappa shape index (κ3) is 6.63. The smallest absolute Gasteiger partial charge is 0.277 e. The summed E-state index contributed by atoms with van der Waals surface area (Å²) in [6, 6.07) is 17.8. The number of para-hydroxylation sites is 1. The molecule has 166 valence electrons. The Balaban J connectivity index is 1.56. The van der Waals surface area contributed by atoms with E-state index in [1.165, 1.54) is 13.3 Å². The number of methoxy groups -OCH3 is 1. The molecule has 0 aliphatic rings. The number of carbonyl (C=O) groups is 1. The molecule has 9 heteroatoms. The van der Waals surface area contributed by atoms with E-state index in [1.807, 2.05) is 18.2 Å². The van der Waals surface area contributed by atoms with Gasteiger partial charge in [-0.3, -0.25) is 4.79 Å². The molecule has 0 aliphatic heterocycles. The summed E-state index contributed by atoms with van der Waals surface area (Å²) in [7, 11) is 1.53. The van der Waals surface area contributed by atoms with Gasteiger partial charge >= 0.3 is 0 Å². The second-order valence-electron chi connectivity index (χ2n) is 6.41. The van der Waals surface area contributed by atoms with Crippen LogP contribution in [-0.4, -0.2) is 25.8 Å². The monoisotopic (exact) mass is 536 g/mol. The zero-order valence-electron chi connectivity index (χ0n) is 17.0. The summed E-state index contributed by atoms with van der Waals surface area (Å²) in [5.74, 6) is 1.21. The SMILES string of the molecule is COc1cc(/C=N/NC(=O)COc2ccccc2Br)ccc1OCc1c(Cl)cccc1Cl. The lowest BCUT2D eigenvalue weighted by Gasteiger charge is -2.13. The van der Waals surface area contributed by atoms with Crippen molar-refractivity contribution in [2.75, 3.05) is 13.7 Å². The van der Waals surface area contributed by atoms with Gasteiger partial charge in [-0.1, -0.05) is 41.4 Å². The Hall–Kier alpha value is -2.74. The molecule has 1 amide bonds. The van der Waals surface area contributed by atoms with Crippen LogP contribution >= 0.6 is 39.1 Å². The van der Waals surface area contributed by atoms with Gasteiger partial charge in [0.25, 0.3) is 5.91 Å². The van der Waals surface area contributed by atoms with Gasteiger partial charge in [0.1, 0.15) is 12.4 Å². The summed E-state index contributed by atoms with van der Waals surface area (Å²) < 4.78 is 17.4. The van der Waals surface area contributed by atoms with Gasteiger partial charge in [-0.15, -0.1) is 0 Å². The molecule has 3 aromatic carbocycles. The van der Waals surface area contributed by atoms with Crippen LogP contribution < -0.4 is 19.6 Å². The van der Waals surface area contributed by atoms with Gasteiger partial charge in [-0.25, -0.2) is 5.43 Å². The van der Waals surface area contributed by atoms with Gasteiger partial charge < -0.3 is 14.2 Å². The normalized spacial score (nSPS) is 10.8. The van der Waals surface area contributed by atoms with E-state index in [9.17, 15) is 4.79 Å². The predicted molar refractivity (Wildman–Crippen MR) is 129 cm³/mol. The maximum absolute atomic E-state index is 11.9. The molecule has 0 unspecified atom stereocenters. The molecule has 0 aromatic heterocycles. The van der Waals surface area contributed by atoms with Crippen molar-refractivity contribution < 1.29 is 19.0 Å². The Morgan fingerprint density at radius 3 is 2.47 bits per heavy atom. The minimum Gasteiger partial charge on any atom is -0.493 e. The summed E-state index contributed by atoms with van der Waals surface area (Å²) in [6.07, 6.45) is 1.49. The second-order valence-corrected chi connectivity index (χ2v) is 8.08. The number of ether oxygens (including phenoxy) is 3. The van der Waals surface area contributed by atoms with Crippen LogP contribution in [0.3, 0.4) is 0 Å². The Labute approximate surface area is 204 Å². The van der Waals surface area contributed by atoms with E-state index in [2.05, 4.69) is 26.5 Å². The molecular formula is C23H19BrCl2N2O4. The lowest BCUT2D eigenvalue weighted by molar-refractivity contribution is -0.123. The van der Waals surface area contributed by atoms with Gasteiger partial charge in [0.05, 0.1) is 17.8 Å². The van der Waals surface area contributed by atoms with E-state index >= 15 is 0 Å². The van der Waals surface area contributed by atoms with Gasteiger partial charge in [-0.2, -0.15) is 5.10 Å². The van der Waals surface area contributed by atoms with Crippen LogP contribution in [0.2, 0.25) is 10.0 Å². The molecule has 0 fully saturated rings. The van der Waals surface area contributed by atoms with Crippen LogP contribution in [0.15, 0.2) is 70.2 Å². The summed E-state index contributed by atoms with van der Waals surface area (Å²) in [6.45, 7) is 0.0244. The maximum atomic E-state index is 11.9. The first kappa shape index (κ1) is 23.9. The molecule has 3 rings (SSSR count). The molecule has 0 radical (unpaired) electrons. The number of halogens is 3. The van der Waals surface area contributed by atoms with E-state index in [1.54, 1.807) is 42.5 Å². The largest absolute Gasteiger partial charge is 0.493 e. The Morgan fingerprint density at radius 2 is 1.75 bits per heavy atom. The molecule has 0 aliphatic carbocycles. The topological polar surface area (TPSA) is 69.2 Å². The number of carbonyl (C=O) groups excluding carboxylic acids is 1. The molecule has 1 N–H and O–H groups in total. The van der Waals surface area contributed by atoms with Crippen molar-refractivity contribution in [3.63, 3.8) is 0 Å². The molecule has 6 nitrogen and oxygen atoms in total. The average Bonchev–Trinajstić information content (AvgIpc) is 2.78. The van der Waals surface area contributed by atoms with Crippen molar-refractivity contribution in [3.05, 3.63) is 86.3 Å². The first-order valence-electron chi connectivity index (χ1n) is 9.41. The summed E-state index contributed by atoms with van der Waals surface area (Å²) in [5, 5.41) is 5.01. The van der Waals surface area contributed by atoms with Crippen molar-refractivity contribution >= 4 is 51.3 Å². The number of rotatable bonds is 9. The predicted octanol–water partition coefficient (Wildman–Crippen LogP) is 5.87. The quantitative estimate of drug-likeness (QED) is 0.273. The van der Waals surface area contributed by atoms with Gasteiger partial charge in [0.2, 0.25) is 0 Å². The molecule has 0 bridgehead atoms. The highest BCUT2D eigenvalue weighted by atomic mass is 79.9. The van der Waals surface area contributed by atoms with E-state index in [-0.39, 0.29) is 19.1 Å². The molecule has 0 saturated heterocycles. The summed E-state index contributed by atoms with van der Waals surface area (Å²) in [5.41, 5.74) is 3.82. The fraction of sp³-hybridized carbons (Fsp3) is 0.130. The number of benzene rings is 3. The molecule has 0 atom stereocenters. The standard InChI is InChI=1S/C23H19BrCl2N2O4/c1-30-22-11-15(9-10-21(22)31-13-16-18(25)6-4-7-19(16)26)12-27-28-23(29)14-32-20-8-3-2-5-17(20)24/h2-12H,13-14H2,1H3,(H,28,29)/b27-12+. The van der Waals surface area contributed by atoms with Crippen LogP contribution in [0.4, 0.5) is 0 Å². The van der Waals surface area contributed by atoms with Crippen LogP contribution in [0.1, 0.15) is 11.1 Å². The molecule has 3 aromatic rings. The highest BCUT2D eigenvalue weighted by Gasteiger charge is 2.10. The van der Waals surface area contributed by atoms with Crippen molar-refractivity contribution in [2.24, 2.45) is 5.10 Å². The third-order valence-corrected chi connectivity index (χ3v) is 5.58. The highest BCUT2D eigenvalue weighted by molar-refractivity contribution is 9.10. The van der Waals surface area contributed by atoms with Crippen molar-refractivity contribution in [3.8, 4) is 17.2 Å². The van der Waals surface area contributed by atoms with Crippen LogP contribution in [0.25, 0.3) is 0 Å². The Kier molecular flexibility index (Phi) is 8.79. The van der Waals surface area contributed by atoms with Gasteiger partial charge in [0.15, 0.2) is 18.1 Å². The average molecular weight is 538 g/mol. The Bertz CT molecular complexity index is 1100. The summed E-state index contributed by atoms with van der Waals surface area (Å²) in [4.78, 5) is 11.9. The molecular weight excluding hydrogens is 519 g/mol. The number of nitrogens with one attached hydrogen (secondary N) is 1. The van der Waals surface area contributed by atoms with E-state index < -0.39 is 0 Å². The zero-order valence-corrected chi connectivity index (χ0v) is 20.1. The molecule has 0 saturated carbocycles.